The molecule has 1 fully saturated rings. The van der Waals surface area contributed by atoms with E-state index in [0.717, 1.165) is 37.1 Å². The first-order chi connectivity index (χ1) is 15.9. The van der Waals surface area contributed by atoms with Crippen LogP contribution in [0.15, 0.2) is 89.8 Å². The van der Waals surface area contributed by atoms with Crippen molar-refractivity contribution in [1.29, 1.82) is 0 Å². The number of benzene rings is 3. The Morgan fingerprint density at radius 3 is 2.09 bits per heavy atom. The lowest BCUT2D eigenvalue weighted by Gasteiger charge is -2.27. The highest BCUT2D eigenvalue weighted by Crippen LogP contribution is 2.27. The molecule has 6 nitrogen and oxygen atoms in total. The van der Waals surface area contributed by atoms with Crippen molar-refractivity contribution in [3.63, 3.8) is 0 Å². The highest BCUT2D eigenvalue weighted by atomic mass is 32.2. The van der Waals surface area contributed by atoms with Crippen molar-refractivity contribution in [2.24, 2.45) is 0 Å². The Bertz CT molecular complexity index is 1160. The highest BCUT2D eigenvalue weighted by Gasteiger charge is 2.29. The highest BCUT2D eigenvalue weighted by molar-refractivity contribution is 7.89. The van der Waals surface area contributed by atoms with Crippen molar-refractivity contribution in [3.05, 3.63) is 96.1 Å². The average Bonchev–Trinajstić information content (AvgIpc) is 3.35. The molecule has 1 amide bonds. The molecule has 7 heteroatoms. The Hall–Kier alpha value is -3.00. The minimum absolute atomic E-state index is 0.111. The number of hydrogen-bond acceptors (Lipinski definition) is 4. The number of rotatable bonds is 8. The molecule has 1 aliphatic rings. The van der Waals surface area contributed by atoms with Crippen LogP contribution < -0.4 is 5.32 Å². The summed E-state index contributed by atoms with van der Waals surface area (Å²) in [4.78, 5) is 15.6. The second-order valence-electron chi connectivity index (χ2n) is 8.32. The van der Waals surface area contributed by atoms with Crippen LogP contribution in [0.3, 0.4) is 0 Å². The van der Waals surface area contributed by atoms with Gasteiger partial charge in [-0.25, -0.2) is 8.42 Å². The number of carbonyl (C=O) groups is 1. The van der Waals surface area contributed by atoms with Gasteiger partial charge in [0.05, 0.1) is 4.90 Å². The van der Waals surface area contributed by atoms with Crippen LogP contribution in [0.25, 0.3) is 0 Å². The van der Waals surface area contributed by atoms with Crippen LogP contribution in [0.2, 0.25) is 0 Å². The molecule has 0 bridgehead atoms. The maximum atomic E-state index is 13.2. The summed E-state index contributed by atoms with van der Waals surface area (Å²) in [7, 11) is -2.07. The van der Waals surface area contributed by atoms with Crippen molar-refractivity contribution in [2.45, 2.75) is 30.3 Å². The van der Waals surface area contributed by atoms with Gasteiger partial charge in [0.2, 0.25) is 15.9 Å². The number of sulfonamides is 1. The van der Waals surface area contributed by atoms with Gasteiger partial charge in [0.15, 0.2) is 0 Å². The fourth-order valence-corrected chi connectivity index (χ4v) is 5.35. The number of nitrogens with one attached hydrogen (secondary N) is 1. The van der Waals surface area contributed by atoms with Crippen LogP contribution in [0, 0.1) is 0 Å². The molecule has 4 rings (SSSR count). The molecule has 0 aromatic heterocycles. The zero-order valence-electron chi connectivity index (χ0n) is 18.7. The van der Waals surface area contributed by atoms with Crippen molar-refractivity contribution in [3.8, 4) is 0 Å². The summed E-state index contributed by atoms with van der Waals surface area (Å²) >= 11 is 0. The second-order valence-corrected chi connectivity index (χ2v) is 10.4. The predicted octanol–water partition coefficient (Wildman–Crippen LogP) is 4.28. The largest absolute Gasteiger partial charge is 0.324 e. The van der Waals surface area contributed by atoms with Gasteiger partial charge >= 0.3 is 0 Å². The molecular formula is C26H29N3O3S. The van der Waals surface area contributed by atoms with Crippen LogP contribution in [-0.4, -0.2) is 43.7 Å². The summed E-state index contributed by atoms with van der Waals surface area (Å²) in [6, 6.07) is 25.2. The Balaban J connectivity index is 1.47. The third kappa shape index (κ3) is 5.50. The van der Waals surface area contributed by atoms with Gasteiger partial charge in [-0.05, 0) is 61.3 Å². The minimum atomic E-state index is -3.64. The van der Waals surface area contributed by atoms with Crippen molar-refractivity contribution in [1.82, 2.24) is 9.21 Å². The monoisotopic (exact) mass is 463 g/mol. The maximum absolute atomic E-state index is 13.2. The van der Waals surface area contributed by atoms with Crippen molar-refractivity contribution < 1.29 is 13.2 Å². The Labute approximate surface area is 195 Å². The smallest absolute Gasteiger partial charge is 0.246 e. The number of anilines is 1. The lowest BCUT2D eigenvalue weighted by atomic mass is 10.0. The molecule has 1 saturated heterocycles. The molecule has 3 aromatic rings. The van der Waals surface area contributed by atoms with E-state index in [1.807, 2.05) is 60.7 Å². The van der Waals surface area contributed by atoms with Gasteiger partial charge in [0.25, 0.3) is 0 Å². The molecule has 1 unspecified atom stereocenters. The number of nitrogens with zero attached hydrogens (tertiary/aromatic N) is 2. The van der Waals surface area contributed by atoms with E-state index in [9.17, 15) is 13.2 Å². The lowest BCUT2D eigenvalue weighted by Crippen LogP contribution is -2.35. The number of hydrogen-bond donors (Lipinski definition) is 1. The second kappa shape index (κ2) is 10.3. The van der Waals surface area contributed by atoms with Crippen LogP contribution in [0.1, 0.15) is 30.0 Å². The summed E-state index contributed by atoms with van der Waals surface area (Å²) in [5.41, 5.74) is 2.45. The van der Waals surface area contributed by atoms with E-state index >= 15 is 0 Å². The van der Waals surface area contributed by atoms with Gasteiger partial charge in [-0.2, -0.15) is 4.31 Å². The molecule has 0 aliphatic carbocycles. The van der Waals surface area contributed by atoms with Gasteiger partial charge in [-0.3, -0.25) is 9.69 Å². The molecule has 1 atom stereocenters. The maximum Gasteiger partial charge on any atom is 0.246 e. The zero-order chi connectivity index (χ0) is 23.3. The molecule has 0 radical (unpaired) electrons. The van der Waals surface area contributed by atoms with E-state index in [1.54, 1.807) is 31.3 Å². The van der Waals surface area contributed by atoms with E-state index in [0.29, 0.717) is 5.69 Å². The number of likely N-dealkylation sites (tertiary alicyclic amines) is 1. The third-order valence-corrected chi connectivity index (χ3v) is 7.77. The fraction of sp³-hybridized carbons (Fsp3) is 0.269. The van der Waals surface area contributed by atoms with Gasteiger partial charge in [-0.15, -0.1) is 0 Å². The molecular weight excluding hydrogens is 434 g/mol. The topological polar surface area (TPSA) is 69.7 Å². The van der Waals surface area contributed by atoms with Gasteiger partial charge in [-0.1, -0.05) is 60.7 Å². The number of amides is 1. The van der Waals surface area contributed by atoms with Gasteiger partial charge in [0.1, 0.15) is 6.04 Å². The fourth-order valence-electron chi connectivity index (χ4n) is 4.19. The molecule has 33 heavy (non-hydrogen) atoms. The Morgan fingerprint density at radius 1 is 0.909 bits per heavy atom. The zero-order valence-corrected chi connectivity index (χ0v) is 19.5. The standard InChI is InChI=1S/C26H29N3O3S/c1-28(20-21-10-4-2-5-11-21)33(31,32)24-16-14-23(15-17-24)27-26(30)25(29-18-8-9-19-29)22-12-6-3-7-13-22/h2-7,10-17,25H,8-9,18-20H2,1H3,(H,27,30). The SMILES string of the molecule is CN(Cc1ccccc1)S(=O)(=O)c1ccc(NC(=O)C(c2ccccc2)N2CCCC2)cc1. The van der Waals surface area contributed by atoms with Crippen LogP contribution in [0.4, 0.5) is 5.69 Å². The van der Waals surface area contributed by atoms with E-state index in [4.69, 9.17) is 0 Å². The number of carbonyl (C=O) groups excluding carboxylic acids is 1. The molecule has 1 N–H and O–H groups in total. The summed E-state index contributed by atoms with van der Waals surface area (Å²) in [5, 5.41) is 2.98. The average molecular weight is 464 g/mol. The summed E-state index contributed by atoms with van der Waals surface area (Å²) in [6.07, 6.45) is 2.17. The quantitative estimate of drug-likeness (QED) is 0.541. The first-order valence-electron chi connectivity index (χ1n) is 11.2. The third-order valence-electron chi connectivity index (χ3n) is 5.95. The van der Waals surface area contributed by atoms with Gasteiger partial charge in [0, 0.05) is 19.3 Å². The lowest BCUT2D eigenvalue weighted by molar-refractivity contribution is -0.121. The van der Waals surface area contributed by atoms with Crippen LogP contribution in [0.5, 0.6) is 0 Å². The molecule has 3 aromatic carbocycles. The first kappa shape index (κ1) is 23.2. The molecule has 1 aliphatic heterocycles. The summed E-state index contributed by atoms with van der Waals surface area (Å²) < 4.78 is 27.3. The molecule has 0 saturated carbocycles. The van der Waals surface area contributed by atoms with Crippen molar-refractivity contribution in [2.75, 3.05) is 25.5 Å². The summed E-state index contributed by atoms with van der Waals surface area (Å²) in [5.74, 6) is -0.111. The molecule has 1 heterocycles. The van der Waals surface area contributed by atoms with E-state index in [2.05, 4.69) is 10.2 Å². The van der Waals surface area contributed by atoms with E-state index in [-0.39, 0.29) is 23.4 Å². The normalized spacial score (nSPS) is 15.5. The first-order valence-corrected chi connectivity index (χ1v) is 12.6. The summed E-state index contributed by atoms with van der Waals surface area (Å²) in [6.45, 7) is 2.06. The Morgan fingerprint density at radius 2 is 1.48 bits per heavy atom. The van der Waals surface area contributed by atoms with E-state index in [1.165, 1.54) is 4.31 Å². The van der Waals surface area contributed by atoms with Crippen molar-refractivity contribution >= 4 is 21.6 Å². The Kier molecular flexibility index (Phi) is 7.23. The minimum Gasteiger partial charge on any atom is -0.324 e. The van der Waals surface area contributed by atoms with Crippen LogP contribution in [-0.2, 0) is 21.4 Å². The van der Waals surface area contributed by atoms with Crippen LogP contribution >= 0.6 is 0 Å². The van der Waals surface area contributed by atoms with E-state index < -0.39 is 10.0 Å². The molecule has 0 spiro atoms. The predicted molar refractivity (Wildman–Crippen MR) is 130 cm³/mol. The van der Waals surface area contributed by atoms with Gasteiger partial charge < -0.3 is 5.32 Å². The molecule has 172 valence electrons.